The molecule has 1 amide bonds. The number of carbonyl (C=O) groups excluding carboxylic acids is 1. The van der Waals surface area contributed by atoms with Gasteiger partial charge in [-0.3, -0.25) is 9.79 Å². The molecule has 6 nitrogen and oxygen atoms in total. The lowest BCUT2D eigenvalue weighted by atomic mass is 10.4. The number of methoxy groups -OCH3 is 1. The number of nitrogens with one attached hydrogen (secondary N) is 3. The van der Waals surface area contributed by atoms with Crippen molar-refractivity contribution in [3.63, 3.8) is 0 Å². The minimum atomic E-state index is -4.22. The highest BCUT2D eigenvalue weighted by atomic mass is 19.4. The number of aliphatic imine (C=N–C) groups is 1. The van der Waals surface area contributed by atoms with Gasteiger partial charge in [0.05, 0.1) is 19.6 Å². The molecule has 0 heterocycles. The summed E-state index contributed by atoms with van der Waals surface area (Å²) in [7, 11) is 2.92. The van der Waals surface area contributed by atoms with Crippen molar-refractivity contribution in [3.05, 3.63) is 0 Å². The first kappa shape index (κ1) is 17.5. The van der Waals surface area contributed by atoms with E-state index in [-0.39, 0.29) is 25.0 Å². The van der Waals surface area contributed by atoms with Gasteiger partial charge in [-0.2, -0.15) is 13.2 Å². The molecular formula is C10H19F3N4O2. The lowest BCUT2D eigenvalue weighted by Crippen LogP contribution is -2.44. The standard InChI is InChI=1S/C10H19F3N4O2/c1-14-9(16-4-3-10(11,12)13)17-7-8(18)15-5-6-19-2/h3-7H2,1-2H3,(H,15,18)(H2,14,16,17). The van der Waals surface area contributed by atoms with Gasteiger partial charge in [-0.1, -0.05) is 0 Å². The predicted octanol–water partition coefficient (Wildman–Crippen LogP) is -0.134. The van der Waals surface area contributed by atoms with Gasteiger partial charge in [-0.25, -0.2) is 0 Å². The van der Waals surface area contributed by atoms with Crippen LogP contribution in [0.15, 0.2) is 4.99 Å². The summed E-state index contributed by atoms with van der Waals surface area (Å²) in [6.07, 6.45) is -5.18. The van der Waals surface area contributed by atoms with Gasteiger partial charge < -0.3 is 20.7 Å². The molecule has 112 valence electrons. The normalized spacial score (nSPS) is 12.2. The van der Waals surface area contributed by atoms with Crippen LogP contribution in [0.5, 0.6) is 0 Å². The molecule has 0 fully saturated rings. The summed E-state index contributed by atoms with van der Waals surface area (Å²) in [5.41, 5.74) is 0. The van der Waals surface area contributed by atoms with Crippen LogP contribution in [0.2, 0.25) is 0 Å². The van der Waals surface area contributed by atoms with E-state index in [1.807, 2.05) is 0 Å². The van der Waals surface area contributed by atoms with Gasteiger partial charge in [0.1, 0.15) is 0 Å². The second-order valence-electron chi connectivity index (χ2n) is 3.56. The summed E-state index contributed by atoms with van der Waals surface area (Å²) in [4.78, 5) is 15.0. The average molecular weight is 284 g/mol. The first-order valence-electron chi connectivity index (χ1n) is 5.66. The Morgan fingerprint density at radius 1 is 1.21 bits per heavy atom. The SMILES string of the molecule is CN=C(NCCC(F)(F)F)NCC(=O)NCCOC. The molecule has 0 aliphatic carbocycles. The molecule has 0 aromatic heterocycles. The monoisotopic (exact) mass is 284 g/mol. The van der Waals surface area contributed by atoms with Crippen LogP contribution in [0.4, 0.5) is 13.2 Å². The van der Waals surface area contributed by atoms with Gasteiger partial charge >= 0.3 is 6.18 Å². The molecular weight excluding hydrogens is 265 g/mol. The largest absolute Gasteiger partial charge is 0.390 e. The lowest BCUT2D eigenvalue weighted by molar-refractivity contribution is -0.132. The molecule has 0 saturated carbocycles. The Labute approximate surface area is 109 Å². The molecule has 3 N–H and O–H groups in total. The molecule has 0 unspecified atom stereocenters. The lowest BCUT2D eigenvalue weighted by Gasteiger charge is -2.12. The number of guanidine groups is 1. The van der Waals surface area contributed by atoms with Crippen LogP contribution in [0.3, 0.4) is 0 Å². The van der Waals surface area contributed by atoms with Crippen molar-refractivity contribution in [1.82, 2.24) is 16.0 Å². The van der Waals surface area contributed by atoms with Crippen molar-refractivity contribution in [1.29, 1.82) is 0 Å². The zero-order chi connectivity index (χ0) is 14.7. The number of rotatable bonds is 7. The number of carbonyl (C=O) groups is 1. The van der Waals surface area contributed by atoms with Crippen molar-refractivity contribution in [3.8, 4) is 0 Å². The van der Waals surface area contributed by atoms with Gasteiger partial charge in [0.15, 0.2) is 5.96 Å². The van der Waals surface area contributed by atoms with Crippen LogP contribution in [-0.4, -0.2) is 58.4 Å². The third-order valence-electron chi connectivity index (χ3n) is 1.97. The smallest absolute Gasteiger partial charge is 0.383 e. The topological polar surface area (TPSA) is 74.8 Å². The Morgan fingerprint density at radius 2 is 1.89 bits per heavy atom. The second-order valence-corrected chi connectivity index (χ2v) is 3.56. The van der Waals surface area contributed by atoms with Crippen LogP contribution in [0, 0.1) is 0 Å². The van der Waals surface area contributed by atoms with Crippen molar-refractivity contribution < 1.29 is 22.7 Å². The van der Waals surface area contributed by atoms with E-state index in [1.165, 1.54) is 14.2 Å². The first-order chi connectivity index (χ1) is 8.89. The van der Waals surface area contributed by atoms with Crippen LogP contribution in [-0.2, 0) is 9.53 Å². The summed E-state index contributed by atoms with van der Waals surface area (Å²) in [5, 5.41) is 7.62. The Morgan fingerprint density at radius 3 is 2.42 bits per heavy atom. The number of hydrogen-bond acceptors (Lipinski definition) is 3. The Hall–Kier alpha value is -1.51. The van der Waals surface area contributed by atoms with E-state index in [4.69, 9.17) is 4.74 Å². The summed E-state index contributed by atoms with van der Waals surface area (Å²) in [5.74, 6) is -0.151. The fourth-order valence-electron chi connectivity index (χ4n) is 1.06. The summed E-state index contributed by atoms with van der Waals surface area (Å²) >= 11 is 0. The van der Waals surface area contributed by atoms with E-state index >= 15 is 0 Å². The zero-order valence-corrected chi connectivity index (χ0v) is 10.9. The van der Waals surface area contributed by atoms with E-state index in [9.17, 15) is 18.0 Å². The molecule has 9 heteroatoms. The minimum Gasteiger partial charge on any atom is -0.383 e. The highest BCUT2D eigenvalue weighted by Crippen LogP contribution is 2.17. The first-order valence-corrected chi connectivity index (χ1v) is 5.66. The molecule has 0 aromatic carbocycles. The fraction of sp³-hybridized carbons (Fsp3) is 0.800. The van der Waals surface area contributed by atoms with Crippen molar-refractivity contribution in [2.45, 2.75) is 12.6 Å². The van der Waals surface area contributed by atoms with E-state index in [2.05, 4.69) is 20.9 Å². The molecule has 19 heavy (non-hydrogen) atoms. The van der Waals surface area contributed by atoms with E-state index in [0.29, 0.717) is 13.2 Å². The summed E-state index contributed by atoms with van der Waals surface area (Å²) in [6.45, 7) is 0.394. The van der Waals surface area contributed by atoms with Crippen molar-refractivity contribution in [2.24, 2.45) is 4.99 Å². The van der Waals surface area contributed by atoms with Crippen molar-refractivity contribution >= 4 is 11.9 Å². The molecule has 0 saturated heterocycles. The minimum absolute atomic E-state index is 0.0740. The maximum absolute atomic E-state index is 11.9. The Balaban J connectivity index is 3.79. The molecule has 0 bridgehead atoms. The van der Waals surface area contributed by atoms with E-state index < -0.39 is 12.6 Å². The third kappa shape index (κ3) is 11.3. The van der Waals surface area contributed by atoms with E-state index in [0.717, 1.165) is 0 Å². The highest BCUT2D eigenvalue weighted by molar-refractivity contribution is 5.86. The highest BCUT2D eigenvalue weighted by Gasteiger charge is 2.26. The van der Waals surface area contributed by atoms with Crippen LogP contribution in [0.25, 0.3) is 0 Å². The number of alkyl halides is 3. The number of nitrogens with zero attached hydrogens (tertiary/aromatic N) is 1. The predicted molar refractivity (Wildman–Crippen MR) is 64.9 cm³/mol. The molecule has 0 aliphatic heterocycles. The van der Waals surface area contributed by atoms with Crippen LogP contribution in [0.1, 0.15) is 6.42 Å². The molecule has 0 atom stereocenters. The maximum atomic E-state index is 11.9. The van der Waals surface area contributed by atoms with Crippen LogP contribution < -0.4 is 16.0 Å². The number of amides is 1. The Bertz CT molecular complexity index is 295. The quantitative estimate of drug-likeness (QED) is 0.346. The molecule has 0 rings (SSSR count). The Kier molecular flexibility index (Phi) is 8.68. The second kappa shape index (κ2) is 9.42. The van der Waals surface area contributed by atoms with Crippen LogP contribution >= 0.6 is 0 Å². The van der Waals surface area contributed by atoms with Gasteiger partial charge in [0, 0.05) is 27.2 Å². The fourth-order valence-corrected chi connectivity index (χ4v) is 1.06. The number of halogens is 3. The van der Waals surface area contributed by atoms with Gasteiger partial charge in [0.2, 0.25) is 5.91 Å². The van der Waals surface area contributed by atoms with Gasteiger partial charge in [-0.05, 0) is 0 Å². The summed E-state index contributed by atoms with van der Waals surface area (Å²) < 4.78 is 40.5. The average Bonchev–Trinajstić information content (AvgIpc) is 2.32. The summed E-state index contributed by atoms with van der Waals surface area (Å²) in [6, 6.07) is 0. The number of ether oxygens (including phenoxy) is 1. The maximum Gasteiger partial charge on any atom is 0.390 e. The van der Waals surface area contributed by atoms with Gasteiger partial charge in [-0.15, -0.1) is 0 Å². The molecule has 0 aliphatic rings. The molecule has 0 aromatic rings. The van der Waals surface area contributed by atoms with Gasteiger partial charge in [0.25, 0.3) is 0 Å². The zero-order valence-electron chi connectivity index (χ0n) is 10.9. The molecule has 0 spiro atoms. The number of hydrogen-bond donors (Lipinski definition) is 3. The van der Waals surface area contributed by atoms with Crippen molar-refractivity contribution in [2.75, 3.05) is 40.4 Å². The van der Waals surface area contributed by atoms with E-state index in [1.54, 1.807) is 0 Å². The third-order valence-corrected chi connectivity index (χ3v) is 1.97. The molecule has 0 radical (unpaired) electrons.